The molecule has 0 saturated carbocycles. The molecule has 6 heteroatoms. The van der Waals surface area contributed by atoms with E-state index in [1.54, 1.807) is 14.0 Å². The molecule has 0 unspecified atom stereocenters. The molecular weight excluding hydrogens is 338 g/mol. The fourth-order valence-electron chi connectivity index (χ4n) is 2.03. The number of methoxy groups -OCH3 is 1. The SMILES string of the molecule is COc1ccc(SCC(=O)O[C@@H](C)C(=O)NCc2ccccc2)cc1. The lowest BCUT2D eigenvalue weighted by Crippen LogP contribution is -2.35. The molecule has 2 aromatic rings. The molecule has 0 aliphatic rings. The van der Waals surface area contributed by atoms with Crippen LogP contribution in [0.2, 0.25) is 0 Å². The van der Waals surface area contributed by atoms with Gasteiger partial charge in [-0.1, -0.05) is 30.3 Å². The van der Waals surface area contributed by atoms with Gasteiger partial charge in [-0.2, -0.15) is 0 Å². The van der Waals surface area contributed by atoms with Crippen LogP contribution in [0.15, 0.2) is 59.5 Å². The smallest absolute Gasteiger partial charge is 0.317 e. The van der Waals surface area contributed by atoms with E-state index in [1.807, 2.05) is 54.6 Å². The van der Waals surface area contributed by atoms with Crippen molar-refractivity contribution in [3.05, 3.63) is 60.2 Å². The van der Waals surface area contributed by atoms with Crippen molar-refractivity contribution in [1.29, 1.82) is 0 Å². The minimum absolute atomic E-state index is 0.142. The van der Waals surface area contributed by atoms with Crippen LogP contribution in [0.25, 0.3) is 0 Å². The minimum Gasteiger partial charge on any atom is -0.497 e. The molecule has 132 valence electrons. The van der Waals surface area contributed by atoms with Gasteiger partial charge in [0.2, 0.25) is 0 Å². The van der Waals surface area contributed by atoms with Gasteiger partial charge in [0.05, 0.1) is 12.9 Å². The topological polar surface area (TPSA) is 64.6 Å². The molecule has 1 atom stereocenters. The fraction of sp³-hybridized carbons (Fsp3) is 0.263. The first-order valence-electron chi connectivity index (χ1n) is 7.86. The van der Waals surface area contributed by atoms with E-state index < -0.39 is 12.1 Å². The van der Waals surface area contributed by atoms with Gasteiger partial charge in [-0.25, -0.2) is 0 Å². The average molecular weight is 359 g/mol. The third kappa shape index (κ3) is 6.51. The Bertz CT molecular complexity index is 688. The normalized spacial score (nSPS) is 11.4. The molecule has 0 aliphatic heterocycles. The number of rotatable bonds is 8. The third-order valence-electron chi connectivity index (χ3n) is 3.40. The van der Waals surface area contributed by atoms with Crippen LogP contribution < -0.4 is 10.1 Å². The Morgan fingerprint density at radius 2 is 1.76 bits per heavy atom. The Kier molecular flexibility index (Phi) is 7.35. The van der Waals surface area contributed by atoms with Gasteiger partial charge >= 0.3 is 5.97 Å². The summed E-state index contributed by atoms with van der Waals surface area (Å²) in [6.07, 6.45) is -0.826. The van der Waals surface area contributed by atoms with Crippen molar-refractivity contribution in [3.8, 4) is 5.75 Å². The monoisotopic (exact) mass is 359 g/mol. The van der Waals surface area contributed by atoms with Crippen LogP contribution in [0.4, 0.5) is 0 Å². The summed E-state index contributed by atoms with van der Waals surface area (Å²) < 4.78 is 10.3. The highest BCUT2D eigenvalue weighted by Gasteiger charge is 2.17. The predicted octanol–water partition coefficient (Wildman–Crippen LogP) is 3.04. The Hall–Kier alpha value is -2.47. The standard InChI is InChI=1S/C19H21NO4S/c1-14(19(22)20-12-15-6-4-3-5-7-15)24-18(21)13-25-17-10-8-16(23-2)9-11-17/h3-11,14H,12-13H2,1-2H3,(H,20,22)/t14-/m0/s1. The van der Waals surface area contributed by atoms with Gasteiger partial charge in [0.25, 0.3) is 5.91 Å². The first-order chi connectivity index (χ1) is 12.1. The van der Waals surface area contributed by atoms with Crippen LogP contribution in [-0.4, -0.2) is 30.8 Å². The summed E-state index contributed by atoms with van der Waals surface area (Å²) in [4.78, 5) is 24.8. The predicted molar refractivity (Wildman–Crippen MR) is 97.6 cm³/mol. The number of carbonyl (C=O) groups excluding carboxylic acids is 2. The van der Waals surface area contributed by atoms with E-state index in [0.29, 0.717) is 6.54 Å². The molecule has 0 spiro atoms. The van der Waals surface area contributed by atoms with E-state index in [-0.39, 0.29) is 11.7 Å². The molecule has 1 N–H and O–H groups in total. The Labute approximate surface area is 151 Å². The Morgan fingerprint density at radius 3 is 2.40 bits per heavy atom. The maximum Gasteiger partial charge on any atom is 0.317 e. The molecule has 0 heterocycles. The van der Waals surface area contributed by atoms with Crippen LogP contribution in [0, 0.1) is 0 Å². The minimum atomic E-state index is -0.826. The molecule has 1 amide bonds. The lowest BCUT2D eigenvalue weighted by molar-refractivity contribution is -0.152. The maximum atomic E-state index is 12.0. The van der Waals surface area contributed by atoms with Crippen LogP contribution in [0.1, 0.15) is 12.5 Å². The number of hydrogen-bond acceptors (Lipinski definition) is 5. The number of benzene rings is 2. The van der Waals surface area contributed by atoms with E-state index in [2.05, 4.69) is 5.32 Å². The molecule has 25 heavy (non-hydrogen) atoms. The summed E-state index contributed by atoms with van der Waals surface area (Å²) in [5.41, 5.74) is 0.990. The van der Waals surface area contributed by atoms with Crippen molar-refractivity contribution >= 4 is 23.6 Å². The second-order valence-corrected chi connectivity index (χ2v) is 6.35. The van der Waals surface area contributed by atoms with Crippen LogP contribution >= 0.6 is 11.8 Å². The Balaban J connectivity index is 1.72. The van der Waals surface area contributed by atoms with Crippen LogP contribution in [-0.2, 0) is 20.9 Å². The van der Waals surface area contributed by atoms with E-state index >= 15 is 0 Å². The van der Waals surface area contributed by atoms with Crippen molar-refractivity contribution in [2.45, 2.75) is 24.5 Å². The molecule has 5 nitrogen and oxygen atoms in total. The summed E-state index contributed by atoms with van der Waals surface area (Å²) in [6, 6.07) is 16.9. The number of nitrogens with one attached hydrogen (secondary N) is 1. The van der Waals surface area contributed by atoms with E-state index in [0.717, 1.165) is 16.2 Å². The van der Waals surface area contributed by atoms with E-state index in [1.165, 1.54) is 11.8 Å². The third-order valence-corrected chi connectivity index (χ3v) is 4.39. The number of amides is 1. The highest BCUT2D eigenvalue weighted by atomic mass is 32.2. The van der Waals surface area contributed by atoms with Gasteiger partial charge < -0.3 is 14.8 Å². The number of carbonyl (C=O) groups is 2. The van der Waals surface area contributed by atoms with E-state index in [4.69, 9.17) is 9.47 Å². The summed E-state index contributed by atoms with van der Waals surface area (Å²) in [5, 5.41) is 2.75. The molecule has 0 fully saturated rings. The van der Waals surface area contributed by atoms with Gasteiger partial charge in [-0.05, 0) is 36.8 Å². The molecule has 0 saturated heterocycles. The lowest BCUT2D eigenvalue weighted by Gasteiger charge is -2.13. The second-order valence-electron chi connectivity index (χ2n) is 5.30. The lowest BCUT2D eigenvalue weighted by atomic mass is 10.2. The summed E-state index contributed by atoms with van der Waals surface area (Å²) in [6.45, 7) is 1.97. The number of ether oxygens (including phenoxy) is 2. The molecule has 2 aromatic carbocycles. The summed E-state index contributed by atoms with van der Waals surface area (Å²) in [7, 11) is 1.60. The van der Waals surface area contributed by atoms with E-state index in [9.17, 15) is 9.59 Å². The van der Waals surface area contributed by atoms with Crippen molar-refractivity contribution in [3.63, 3.8) is 0 Å². The zero-order valence-corrected chi connectivity index (χ0v) is 15.0. The van der Waals surface area contributed by atoms with Gasteiger partial charge in [-0.15, -0.1) is 11.8 Å². The second kappa shape index (κ2) is 9.74. The van der Waals surface area contributed by atoms with Crippen molar-refractivity contribution in [2.24, 2.45) is 0 Å². The van der Waals surface area contributed by atoms with Gasteiger partial charge in [0, 0.05) is 11.4 Å². The highest BCUT2D eigenvalue weighted by Crippen LogP contribution is 2.21. The highest BCUT2D eigenvalue weighted by molar-refractivity contribution is 8.00. The molecule has 0 radical (unpaired) electrons. The maximum absolute atomic E-state index is 12.0. The molecule has 0 aliphatic carbocycles. The summed E-state index contributed by atoms with van der Waals surface area (Å²) in [5.74, 6) is 0.160. The fourth-order valence-corrected chi connectivity index (χ4v) is 2.71. The number of thioether (sulfide) groups is 1. The number of esters is 1. The molecular formula is C19H21NO4S. The van der Waals surface area contributed by atoms with Crippen LogP contribution in [0.3, 0.4) is 0 Å². The molecule has 0 aromatic heterocycles. The zero-order valence-electron chi connectivity index (χ0n) is 14.2. The number of hydrogen-bond donors (Lipinski definition) is 1. The van der Waals surface area contributed by atoms with Gasteiger partial charge in [0.1, 0.15) is 5.75 Å². The first-order valence-corrected chi connectivity index (χ1v) is 8.85. The largest absolute Gasteiger partial charge is 0.497 e. The van der Waals surface area contributed by atoms with Gasteiger partial charge in [0.15, 0.2) is 6.10 Å². The Morgan fingerprint density at radius 1 is 1.08 bits per heavy atom. The van der Waals surface area contributed by atoms with Crippen LogP contribution in [0.5, 0.6) is 5.75 Å². The zero-order chi connectivity index (χ0) is 18.1. The molecule has 2 rings (SSSR count). The van der Waals surface area contributed by atoms with Crippen molar-refractivity contribution in [2.75, 3.05) is 12.9 Å². The first kappa shape index (κ1) is 18.9. The molecule has 0 bridgehead atoms. The quantitative estimate of drug-likeness (QED) is 0.580. The van der Waals surface area contributed by atoms with Gasteiger partial charge in [-0.3, -0.25) is 9.59 Å². The van der Waals surface area contributed by atoms with Crippen molar-refractivity contribution < 1.29 is 19.1 Å². The summed E-state index contributed by atoms with van der Waals surface area (Å²) >= 11 is 1.35. The van der Waals surface area contributed by atoms with Crippen molar-refractivity contribution in [1.82, 2.24) is 5.32 Å². The average Bonchev–Trinajstić information content (AvgIpc) is 2.65.